The van der Waals surface area contributed by atoms with Crippen LogP contribution >= 0.6 is 0 Å². The van der Waals surface area contributed by atoms with Gasteiger partial charge in [0.2, 0.25) is 0 Å². The van der Waals surface area contributed by atoms with E-state index in [9.17, 15) is 13.2 Å². The summed E-state index contributed by atoms with van der Waals surface area (Å²) < 4.78 is 42.5. The highest BCUT2D eigenvalue weighted by Gasteiger charge is 2.31. The molecule has 0 bridgehead atoms. The van der Waals surface area contributed by atoms with E-state index in [0.717, 1.165) is 16.8 Å². The van der Waals surface area contributed by atoms with E-state index in [2.05, 4.69) is 25.1 Å². The summed E-state index contributed by atoms with van der Waals surface area (Å²) in [5, 5.41) is 16.3. The third kappa shape index (κ3) is 3.03. The van der Waals surface area contributed by atoms with Crippen LogP contribution in [0.4, 0.5) is 13.2 Å². The quantitative estimate of drug-likeness (QED) is 0.714. The van der Waals surface area contributed by atoms with E-state index in [1.165, 1.54) is 12.1 Å². The topological polar surface area (TPSA) is 64.1 Å². The third-order valence-corrected chi connectivity index (χ3v) is 4.01. The van der Waals surface area contributed by atoms with E-state index < -0.39 is 6.36 Å². The number of nitrogens with zero attached hydrogens (tertiary/aromatic N) is 5. The average Bonchev–Trinajstić information content (AvgIpc) is 3.19. The van der Waals surface area contributed by atoms with Gasteiger partial charge in [-0.25, -0.2) is 0 Å². The average molecular weight is 359 g/mol. The molecule has 1 aliphatic heterocycles. The van der Waals surface area contributed by atoms with Gasteiger partial charge in [-0.2, -0.15) is 10.2 Å². The van der Waals surface area contributed by atoms with Crippen molar-refractivity contribution in [3.05, 3.63) is 48.4 Å². The summed E-state index contributed by atoms with van der Waals surface area (Å²) in [6, 6.07) is 9.31. The molecular weight excluding hydrogens is 347 g/mol. The summed E-state index contributed by atoms with van der Waals surface area (Å²) in [4.78, 5) is 0. The number of ether oxygens (including phenoxy) is 1. The Morgan fingerprint density at radius 2 is 1.73 bits per heavy atom. The van der Waals surface area contributed by atoms with Crippen LogP contribution in [-0.2, 0) is 0 Å². The lowest BCUT2D eigenvalue weighted by atomic mass is 10.1. The Bertz CT molecular complexity index is 1020. The smallest absolute Gasteiger partial charge is 0.406 e. The van der Waals surface area contributed by atoms with Crippen molar-refractivity contribution in [1.82, 2.24) is 14.6 Å². The van der Waals surface area contributed by atoms with Crippen LogP contribution in [0.15, 0.2) is 52.8 Å². The number of fused-ring (bicyclic) bond motifs is 1. The van der Waals surface area contributed by atoms with E-state index in [1.54, 1.807) is 24.4 Å². The minimum Gasteiger partial charge on any atom is -0.406 e. The second-order valence-corrected chi connectivity index (χ2v) is 5.76. The summed E-state index contributed by atoms with van der Waals surface area (Å²) in [6.45, 7) is 1.86. The molecule has 0 spiro atoms. The van der Waals surface area contributed by atoms with E-state index in [-0.39, 0.29) is 11.7 Å². The molecule has 1 aliphatic rings. The normalized spacial score (nSPS) is 16.9. The van der Waals surface area contributed by atoms with Crippen LogP contribution in [0.1, 0.15) is 18.7 Å². The van der Waals surface area contributed by atoms with Crippen LogP contribution in [0, 0.1) is 0 Å². The first-order chi connectivity index (χ1) is 12.4. The second-order valence-electron chi connectivity index (χ2n) is 5.76. The van der Waals surface area contributed by atoms with E-state index in [0.29, 0.717) is 11.5 Å². The van der Waals surface area contributed by atoms with E-state index in [1.807, 2.05) is 23.6 Å². The van der Waals surface area contributed by atoms with Gasteiger partial charge >= 0.3 is 6.36 Å². The van der Waals surface area contributed by atoms with Crippen molar-refractivity contribution >= 4 is 17.6 Å². The van der Waals surface area contributed by atoms with Crippen molar-refractivity contribution in [2.24, 2.45) is 10.2 Å². The van der Waals surface area contributed by atoms with Crippen LogP contribution in [-0.4, -0.2) is 32.9 Å². The molecule has 4 rings (SSSR count). The second kappa shape index (κ2) is 5.94. The van der Waals surface area contributed by atoms with Crippen LogP contribution in [0.25, 0.3) is 16.8 Å². The minimum atomic E-state index is -4.71. The van der Waals surface area contributed by atoms with Crippen LogP contribution in [0.5, 0.6) is 5.75 Å². The summed E-state index contributed by atoms with van der Waals surface area (Å²) >= 11 is 0. The first-order valence-corrected chi connectivity index (χ1v) is 7.69. The largest absolute Gasteiger partial charge is 0.573 e. The number of pyridine rings is 1. The molecule has 6 nitrogen and oxygen atoms in total. The lowest BCUT2D eigenvalue weighted by molar-refractivity contribution is -0.274. The monoisotopic (exact) mass is 359 g/mol. The highest BCUT2D eigenvalue weighted by atomic mass is 19.4. The van der Waals surface area contributed by atoms with Gasteiger partial charge in [0, 0.05) is 12.4 Å². The lowest BCUT2D eigenvalue weighted by Gasteiger charge is -2.10. The summed E-state index contributed by atoms with van der Waals surface area (Å²) in [5.74, 6) is 0.269. The van der Waals surface area contributed by atoms with E-state index in [4.69, 9.17) is 0 Å². The zero-order valence-corrected chi connectivity index (χ0v) is 13.5. The minimum absolute atomic E-state index is 0.150. The molecule has 0 radical (unpaired) electrons. The maximum absolute atomic E-state index is 12.3. The molecule has 1 unspecified atom stereocenters. The van der Waals surface area contributed by atoms with Gasteiger partial charge in [0.1, 0.15) is 5.75 Å². The highest BCUT2D eigenvalue weighted by Crippen LogP contribution is 2.27. The van der Waals surface area contributed by atoms with Crippen molar-refractivity contribution < 1.29 is 17.9 Å². The summed E-state index contributed by atoms with van der Waals surface area (Å²) in [5.41, 5.74) is 3.03. The number of aromatic nitrogens is 3. The van der Waals surface area contributed by atoms with Gasteiger partial charge in [-0.15, -0.1) is 23.4 Å². The Morgan fingerprint density at radius 3 is 2.38 bits per heavy atom. The van der Waals surface area contributed by atoms with Gasteiger partial charge in [0.05, 0.1) is 11.6 Å². The molecular formula is C17H12F3N5O. The van der Waals surface area contributed by atoms with Gasteiger partial charge in [0.25, 0.3) is 0 Å². The third-order valence-electron chi connectivity index (χ3n) is 4.01. The van der Waals surface area contributed by atoms with Crippen LogP contribution < -0.4 is 4.74 Å². The van der Waals surface area contributed by atoms with Crippen molar-refractivity contribution in [1.29, 1.82) is 0 Å². The van der Waals surface area contributed by atoms with E-state index >= 15 is 0 Å². The predicted molar refractivity (Wildman–Crippen MR) is 89.4 cm³/mol. The van der Waals surface area contributed by atoms with Gasteiger partial charge in [0.15, 0.2) is 11.5 Å². The molecule has 3 aromatic rings. The molecule has 2 aromatic heterocycles. The number of halogens is 3. The van der Waals surface area contributed by atoms with Crippen molar-refractivity contribution in [3.63, 3.8) is 0 Å². The standard InChI is InChI=1S/C17H12F3N5O/c1-10-14(8-21-22-10)16-24-23-15-7-4-12(9-25(15)16)11-2-5-13(6-3-11)26-17(18,19)20/h2-9,14H,1H3. The Hall–Kier alpha value is -3.23. The molecule has 132 valence electrons. The molecule has 9 heteroatoms. The molecule has 26 heavy (non-hydrogen) atoms. The summed E-state index contributed by atoms with van der Waals surface area (Å²) in [6.07, 6.45) is -1.18. The van der Waals surface area contributed by atoms with Crippen LogP contribution in [0.2, 0.25) is 0 Å². The predicted octanol–water partition coefficient (Wildman–Crippen LogP) is 3.84. The Balaban J connectivity index is 1.69. The number of benzene rings is 1. The fraction of sp³-hybridized carbons (Fsp3) is 0.176. The van der Waals surface area contributed by atoms with Crippen LogP contribution in [0.3, 0.4) is 0 Å². The first kappa shape index (κ1) is 16.2. The van der Waals surface area contributed by atoms with Crippen molar-refractivity contribution in [2.45, 2.75) is 19.2 Å². The molecule has 1 atom stereocenters. The van der Waals surface area contributed by atoms with Gasteiger partial charge in [-0.3, -0.25) is 4.40 Å². The molecule has 0 N–H and O–H groups in total. The number of alkyl halides is 3. The zero-order valence-electron chi connectivity index (χ0n) is 13.5. The number of rotatable bonds is 3. The van der Waals surface area contributed by atoms with Gasteiger partial charge < -0.3 is 4.74 Å². The SMILES string of the molecule is CC1=NN=CC1c1nnc2ccc(-c3ccc(OC(F)(F)F)cc3)cn12. The molecule has 1 aromatic carbocycles. The summed E-state index contributed by atoms with van der Waals surface area (Å²) in [7, 11) is 0. The molecule has 0 saturated heterocycles. The fourth-order valence-electron chi connectivity index (χ4n) is 2.76. The van der Waals surface area contributed by atoms with Crippen molar-refractivity contribution in [2.75, 3.05) is 0 Å². The molecule has 3 heterocycles. The highest BCUT2D eigenvalue weighted by molar-refractivity contribution is 6.04. The Kier molecular flexibility index (Phi) is 3.71. The zero-order chi connectivity index (χ0) is 18.3. The number of hydrogen-bond acceptors (Lipinski definition) is 5. The maximum atomic E-state index is 12.3. The molecule has 0 amide bonds. The first-order valence-electron chi connectivity index (χ1n) is 7.69. The molecule has 0 fully saturated rings. The lowest BCUT2D eigenvalue weighted by Crippen LogP contribution is -2.16. The maximum Gasteiger partial charge on any atom is 0.573 e. The van der Waals surface area contributed by atoms with Gasteiger partial charge in [-0.05, 0) is 42.3 Å². The fourth-order valence-corrected chi connectivity index (χ4v) is 2.76. The Morgan fingerprint density at radius 1 is 1.00 bits per heavy atom. The van der Waals surface area contributed by atoms with Gasteiger partial charge in [-0.1, -0.05) is 12.1 Å². The van der Waals surface area contributed by atoms with Crippen molar-refractivity contribution in [3.8, 4) is 16.9 Å². The molecule has 0 saturated carbocycles. The Labute approximate surface area is 145 Å². The number of hydrogen-bond donors (Lipinski definition) is 0. The molecule has 0 aliphatic carbocycles.